The van der Waals surface area contributed by atoms with E-state index in [1.807, 2.05) is 0 Å². The van der Waals surface area contributed by atoms with E-state index < -0.39 is 60.0 Å². The molecule has 3 N–H and O–H groups in total. The molecule has 0 saturated heterocycles. The van der Waals surface area contributed by atoms with Crippen LogP contribution in [0.2, 0.25) is 0 Å². The summed E-state index contributed by atoms with van der Waals surface area (Å²) in [5.41, 5.74) is 0. The second kappa shape index (κ2) is 18.8. The van der Waals surface area contributed by atoms with E-state index in [-0.39, 0.29) is 6.15 Å². The van der Waals surface area contributed by atoms with Crippen LogP contribution in [0.1, 0.15) is 0 Å². The third-order valence-electron chi connectivity index (χ3n) is 1.07. The fraction of sp³-hybridized carbons (Fsp3) is 0. The van der Waals surface area contributed by atoms with Crippen LogP contribution in [-0.2, 0) is 28.8 Å². The van der Waals surface area contributed by atoms with E-state index in [1.54, 1.807) is 0 Å². The van der Waals surface area contributed by atoms with Crippen molar-refractivity contribution in [3.63, 3.8) is 0 Å². The van der Waals surface area contributed by atoms with Crippen molar-refractivity contribution in [3.05, 3.63) is 0 Å². The molecule has 0 fully saturated rings. The third kappa shape index (κ3) is 17.8. The van der Waals surface area contributed by atoms with Crippen molar-refractivity contribution in [3.8, 4) is 0 Å². The molecule has 100 valence electrons. The lowest BCUT2D eigenvalue weighted by molar-refractivity contribution is 0.373. The Bertz CT molecular complexity index is 105. The van der Waals surface area contributed by atoms with Gasteiger partial charge in [0.2, 0.25) is 0 Å². The summed E-state index contributed by atoms with van der Waals surface area (Å²) in [6, 6.07) is 0. The van der Waals surface area contributed by atoms with Crippen molar-refractivity contribution in [1.82, 2.24) is 6.15 Å². The second-order valence-electron chi connectivity index (χ2n) is 2.31. The molecule has 0 aromatic rings. The van der Waals surface area contributed by atoms with E-state index in [9.17, 15) is 0 Å². The van der Waals surface area contributed by atoms with Crippen LogP contribution >= 0.6 is 0 Å². The summed E-state index contributed by atoms with van der Waals surface area (Å²) in [6.45, 7) is 0. The van der Waals surface area contributed by atoms with Gasteiger partial charge in [0.15, 0.2) is 0 Å². The van der Waals surface area contributed by atoms with Crippen LogP contribution in [0.4, 0.5) is 0 Å². The molecule has 0 heterocycles. The highest BCUT2D eigenvalue weighted by Gasteiger charge is 1.93. The van der Waals surface area contributed by atoms with Crippen LogP contribution in [0.5, 0.6) is 0 Å². The standard InChI is InChI=1S/H3N.H18O7Si8/c;8-1-10-3-12-5-14-7-15-6-13-4-11-2-9/h1H3;10-15H2,8-9H3. The summed E-state index contributed by atoms with van der Waals surface area (Å²) in [5.74, 6) is 0. The van der Waals surface area contributed by atoms with Gasteiger partial charge in [0.25, 0.3) is 60.0 Å². The lowest BCUT2D eigenvalue weighted by atomic mass is 14.0. The molecule has 0 unspecified atom stereocenters. The van der Waals surface area contributed by atoms with E-state index in [2.05, 4.69) is 0 Å². The molecular weight excluding hydrogens is 351 g/mol. The Hall–Kier alpha value is 1.42. The van der Waals surface area contributed by atoms with Crippen molar-refractivity contribution >= 4 is 81.0 Å². The largest absolute Gasteiger partial charge is 0.449 e. The molecule has 0 spiro atoms. The molecule has 0 aliphatic carbocycles. The minimum Gasteiger partial charge on any atom is -0.449 e. The second-order valence-corrected chi connectivity index (χ2v) is 16.5. The van der Waals surface area contributed by atoms with E-state index in [1.165, 1.54) is 0 Å². The van der Waals surface area contributed by atoms with Crippen molar-refractivity contribution < 1.29 is 28.8 Å². The highest BCUT2D eigenvalue weighted by Crippen LogP contribution is 1.75. The molecule has 0 atom stereocenters. The van der Waals surface area contributed by atoms with E-state index in [4.69, 9.17) is 28.8 Å². The van der Waals surface area contributed by atoms with Crippen LogP contribution in [0.15, 0.2) is 0 Å². The summed E-state index contributed by atoms with van der Waals surface area (Å²) in [5, 5.41) is 0. The van der Waals surface area contributed by atoms with Gasteiger partial charge in [-0.1, -0.05) is 0 Å². The maximum Gasteiger partial charge on any atom is 0.286 e. The van der Waals surface area contributed by atoms with E-state index >= 15 is 0 Å². The van der Waals surface area contributed by atoms with Crippen molar-refractivity contribution in [2.24, 2.45) is 0 Å². The molecule has 0 aromatic carbocycles. The maximum atomic E-state index is 5.30. The van der Waals surface area contributed by atoms with Gasteiger partial charge in [0.1, 0.15) is 21.0 Å². The van der Waals surface area contributed by atoms with Gasteiger partial charge in [-0.05, 0) is 0 Å². The van der Waals surface area contributed by atoms with Crippen LogP contribution < -0.4 is 6.15 Å². The van der Waals surface area contributed by atoms with Crippen LogP contribution in [0, 0.1) is 0 Å². The number of rotatable bonds is 12. The quantitative estimate of drug-likeness (QED) is 0.267. The van der Waals surface area contributed by atoms with Gasteiger partial charge in [-0.15, -0.1) is 0 Å². The topological polar surface area (TPSA) is 99.6 Å². The lowest BCUT2D eigenvalue weighted by Crippen LogP contribution is -2.19. The monoisotopic (exact) mass is 371 g/mol. The highest BCUT2D eigenvalue weighted by atomic mass is 28.4. The summed E-state index contributed by atoms with van der Waals surface area (Å²) in [4.78, 5) is 0. The Morgan fingerprint density at radius 3 is 1.00 bits per heavy atom. The van der Waals surface area contributed by atoms with Gasteiger partial charge in [-0.25, -0.2) is 0 Å². The first kappa shape index (κ1) is 19.7. The smallest absolute Gasteiger partial charge is 0.286 e. The van der Waals surface area contributed by atoms with E-state index in [0.717, 1.165) is 21.0 Å². The fourth-order valence-corrected chi connectivity index (χ4v) is 12.4. The van der Waals surface area contributed by atoms with Crippen molar-refractivity contribution in [1.29, 1.82) is 0 Å². The molecule has 0 amide bonds. The molecule has 0 saturated carbocycles. The van der Waals surface area contributed by atoms with Gasteiger partial charge in [0, 0.05) is 0 Å². The summed E-state index contributed by atoms with van der Waals surface area (Å²) >= 11 is 0. The molecule has 16 heavy (non-hydrogen) atoms. The third-order valence-corrected chi connectivity index (χ3v) is 9.62. The van der Waals surface area contributed by atoms with Gasteiger partial charge in [0.05, 0.1) is 0 Å². The van der Waals surface area contributed by atoms with Gasteiger partial charge >= 0.3 is 0 Å². The van der Waals surface area contributed by atoms with Crippen molar-refractivity contribution in [2.75, 3.05) is 0 Å². The number of hydrogen-bond acceptors (Lipinski definition) is 8. The molecule has 0 aromatic heterocycles. The van der Waals surface area contributed by atoms with Crippen LogP contribution in [0.25, 0.3) is 0 Å². The molecule has 0 aliphatic rings. The molecule has 0 radical (unpaired) electrons. The summed E-state index contributed by atoms with van der Waals surface area (Å²) in [7, 11) is -3.21. The molecule has 0 bridgehead atoms. The molecule has 0 aliphatic heterocycles. The first-order valence-corrected chi connectivity index (χ1v) is 12.8. The van der Waals surface area contributed by atoms with E-state index in [0.29, 0.717) is 0 Å². The predicted molar refractivity (Wildman–Crippen MR) is 83.8 cm³/mol. The Kier molecular flexibility index (Phi) is 23.2. The number of hydrogen-bond donors (Lipinski definition) is 1. The molecule has 16 heteroatoms. The normalized spacial score (nSPS) is 15.0. The highest BCUT2D eigenvalue weighted by molar-refractivity contribution is 6.48. The first-order chi connectivity index (χ1) is 7.41. The Labute approximate surface area is 116 Å². The molecular formula is H21NO7Si8. The summed E-state index contributed by atoms with van der Waals surface area (Å²) < 4.78 is 36.3. The van der Waals surface area contributed by atoms with Gasteiger partial charge < -0.3 is 35.0 Å². The summed E-state index contributed by atoms with van der Waals surface area (Å²) in [6.07, 6.45) is 0. The van der Waals surface area contributed by atoms with Crippen LogP contribution in [0.3, 0.4) is 0 Å². The molecule has 0 rings (SSSR count). The Morgan fingerprint density at radius 2 is 0.750 bits per heavy atom. The minimum absolute atomic E-state index is 0. The lowest BCUT2D eigenvalue weighted by Gasteiger charge is -2.06. The zero-order chi connectivity index (χ0) is 11.2. The zero-order valence-corrected chi connectivity index (χ0v) is 22.3. The SMILES string of the molecule is N.[SiH3]O[SiH2]O[SiH2]O[SiH2]O[SiH2]O[SiH2]O[SiH2]O[SiH3]. The zero-order valence-electron chi connectivity index (χ0n) is 9.81. The Morgan fingerprint density at radius 1 is 0.500 bits per heavy atom. The van der Waals surface area contributed by atoms with Crippen molar-refractivity contribution in [2.45, 2.75) is 0 Å². The molecule has 8 nitrogen and oxygen atoms in total. The predicted octanol–water partition coefficient (Wildman–Crippen LogP) is -8.18. The first-order valence-electron chi connectivity index (χ1n) is 4.28. The fourth-order valence-electron chi connectivity index (χ4n) is 0.572. The van der Waals surface area contributed by atoms with Gasteiger partial charge in [-0.2, -0.15) is 0 Å². The Balaban J connectivity index is 0. The maximum absolute atomic E-state index is 5.30. The minimum atomic E-state index is -0.851. The average molecular weight is 372 g/mol. The average Bonchev–Trinajstić information content (AvgIpc) is 2.26. The van der Waals surface area contributed by atoms with Crippen LogP contribution in [-0.4, -0.2) is 81.0 Å². The van der Waals surface area contributed by atoms with Gasteiger partial charge in [-0.3, -0.25) is 0 Å².